The van der Waals surface area contributed by atoms with Crippen molar-refractivity contribution in [1.29, 1.82) is 0 Å². The summed E-state index contributed by atoms with van der Waals surface area (Å²) in [5, 5.41) is 2.86. The maximum atomic E-state index is 12.1. The van der Waals surface area contributed by atoms with E-state index in [2.05, 4.69) is 35.1 Å². The van der Waals surface area contributed by atoms with E-state index in [1.807, 2.05) is 50.7 Å². The van der Waals surface area contributed by atoms with Crippen molar-refractivity contribution < 1.29 is 4.79 Å². The van der Waals surface area contributed by atoms with Crippen LogP contribution in [0.1, 0.15) is 20.8 Å². The smallest absolute Gasteiger partial charge is 0.230 e. The van der Waals surface area contributed by atoms with E-state index in [1.165, 1.54) is 0 Å². The Bertz CT molecular complexity index is 1010. The van der Waals surface area contributed by atoms with Gasteiger partial charge in [-0.2, -0.15) is 0 Å². The van der Waals surface area contributed by atoms with Crippen molar-refractivity contribution in [2.75, 3.05) is 41.3 Å². The molecule has 0 spiro atoms. The number of anilines is 3. The Morgan fingerprint density at radius 3 is 2.38 bits per heavy atom. The molecule has 29 heavy (non-hydrogen) atoms. The second-order valence-electron chi connectivity index (χ2n) is 8.30. The lowest BCUT2D eigenvalue weighted by atomic mass is 9.96. The molecule has 1 amide bonds. The summed E-state index contributed by atoms with van der Waals surface area (Å²) in [4.78, 5) is 34.1. The predicted molar refractivity (Wildman–Crippen MR) is 113 cm³/mol. The molecule has 0 saturated carbocycles. The van der Waals surface area contributed by atoms with Crippen molar-refractivity contribution in [2.24, 2.45) is 12.5 Å². The number of nitrogens with one attached hydrogen (secondary N) is 1. The molecule has 4 rings (SSSR count). The molecule has 152 valence electrons. The highest BCUT2D eigenvalue weighted by Crippen LogP contribution is 2.25. The molecule has 4 heterocycles. The maximum absolute atomic E-state index is 12.1. The number of carbonyl (C=O) groups excluding carboxylic acids is 1. The van der Waals surface area contributed by atoms with Crippen LogP contribution in [0.2, 0.25) is 0 Å². The van der Waals surface area contributed by atoms with E-state index in [9.17, 15) is 4.79 Å². The van der Waals surface area contributed by atoms with E-state index in [4.69, 9.17) is 0 Å². The Kier molecular flexibility index (Phi) is 4.81. The quantitative estimate of drug-likeness (QED) is 0.727. The molecule has 1 saturated heterocycles. The van der Waals surface area contributed by atoms with Crippen LogP contribution >= 0.6 is 0 Å². The predicted octanol–water partition coefficient (Wildman–Crippen LogP) is 2.07. The van der Waals surface area contributed by atoms with E-state index in [0.29, 0.717) is 5.82 Å². The van der Waals surface area contributed by atoms with Crippen LogP contribution in [0, 0.1) is 5.41 Å². The Morgan fingerprint density at radius 1 is 1.00 bits per heavy atom. The van der Waals surface area contributed by atoms with E-state index in [1.54, 1.807) is 12.7 Å². The minimum absolute atomic E-state index is 0.0438. The zero-order chi connectivity index (χ0) is 20.6. The number of nitrogens with zero attached hydrogens (tertiary/aromatic N) is 7. The number of hydrogen-bond acceptors (Lipinski definition) is 7. The molecule has 9 heteroatoms. The number of piperazine rings is 1. The molecule has 0 aliphatic carbocycles. The molecule has 3 aromatic heterocycles. The molecule has 0 aromatic carbocycles. The number of carbonyl (C=O) groups is 1. The molecule has 0 unspecified atom stereocenters. The number of imidazole rings is 1. The number of amides is 1. The third kappa shape index (κ3) is 3.85. The Morgan fingerprint density at radius 2 is 1.72 bits per heavy atom. The van der Waals surface area contributed by atoms with Crippen LogP contribution in [0.4, 0.5) is 17.3 Å². The fourth-order valence-electron chi connectivity index (χ4n) is 3.33. The van der Waals surface area contributed by atoms with Gasteiger partial charge < -0.3 is 19.7 Å². The average Bonchev–Trinajstić information content (AvgIpc) is 3.09. The van der Waals surface area contributed by atoms with Crippen LogP contribution in [0.15, 0.2) is 31.0 Å². The number of fused-ring (bicyclic) bond motifs is 1. The largest absolute Gasteiger partial charge is 0.367 e. The molecule has 1 aliphatic rings. The Hall–Kier alpha value is -3.23. The topological polar surface area (TPSA) is 92.1 Å². The van der Waals surface area contributed by atoms with Crippen molar-refractivity contribution in [1.82, 2.24) is 24.5 Å². The molecular formula is C20H26N8O. The van der Waals surface area contributed by atoms with E-state index in [0.717, 1.165) is 48.8 Å². The van der Waals surface area contributed by atoms with Gasteiger partial charge in [-0.1, -0.05) is 20.8 Å². The van der Waals surface area contributed by atoms with Gasteiger partial charge in [-0.25, -0.2) is 19.9 Å². The molecule has 0 bridgehead atoms. The fraction of sp³-hybridized carbons (Fsp3) is 0.450. The lowest BCUT2D eigenvalue weighted by Gasteiger charge is -2.36. The van der Waals surface area contributed by atoms with Crippen LogP contribution < -0.4 is 15.1 Å². The first-order chi connectivity index (χ1) is 13.8. The number of pyridine rings is 1. The molecule has 1 fully saturated rings. The number of aryl methyl sites for hydroxylation is 1. The summed E-state index contributed by atoms with van der Waals surface area (Å²) in [7, 11) is 1.96. The van der Waals surface area contributed by atoms with Crippen molar-refractivity contribution >= 4 is 34.4 Å². The van der Waals surface area contributed by atoms with Crippen LogP contribution in [0.5, 0.6) is 0 Å². The first-order valence-electron chi connectivity index (χ1n) is 9.72. The zero-order valence-electron chi connectivity index (χ0n) is 17.3. The van der Waals surface area contributed by atoms with Gasteiger partial charge in [0.05, 0.1) is 18.2 Å². The second kappa shape index (κ2) is 7.31. The van der Waals surface area contributed by atoms with Crippen molar-refractivity contribution in [3.05, 3.63) is 31.0 Å². The monoisotopic (exact) mass is 394 g/mol. The first kappa shape index (κ1) is 19.1. The summed E-state index contributed by atoms with van der Waals surface area (Å²) >= 11 is 0. The first-order valence-corrected chi connectivity index (χ1v) is 9.72. The summed E-state index contributed by atoms with van der Waals surface area (Å²) < 4.78 is 1.96. The van der Waals surface area contributed by atoms with Gasteiger partial charge in [0, 0.05) is 38.6 Å². The van der Waals surface area contributed by atoms with E-state index >= 15 is 0 Å². The highest BCUT2D eigenvalue weighted by molar-refractivity contribution is 5.93. The summed E-state index contributed by atoms with van der Waals surface area (Å²) in [5.74, 6) is 1.46. The summed E-state index contributed by atoms with van der Waals surface area (Å²) in [6.45, 7) is 9.06. The molecular weight excluding hydrogens is 368 g/mol. The molecule has 9 nitrogen and oxygen atoms in total. The summed E-state index contributed by atoms with van der Waals surface area (Å²) in [6, 6.07) is 3.86. The van der Waals surface area contributed by atoms with E-state index < -0.39 is 5.41 Å². The lowest BCUT2D eigenvalue weighted by Crippen LogP contribution is -2.47. The van der Waals surface area contributed by atoms with Gasteiger partial charge in [0.15, 0.2) is 11.5 Å². The van der Waals surface area contributed by atoms with Crippen molar-refractivity contribution in [3.8, 4) is 0 Å². The van der Waals surface area contributed by atoms with Crippen LogP contribution in [-0.2, 0) is 11.8 Å². The number of hydrogen-bond donors (Lipinski definition) is 1. The molecule has 3 aromatic rings. The SMILES string of the molecule is Cn1cnc2ncnc(N3CCN(c4ccc(NC(=O)C(C)(C)C)nc4)CC3)c21. The van der Waals surface area contributed by atoms with Gasteiger partial charge in [0.2, 0.25) is 5.91 Å². The van der Waals surface area contributed by atoms with Gasteiger partial charge in [-0.3, -0.25) is 4.79 Å². The number of aromatic nitrogens is 5. The molecule has 1 aliphatic heterocycles. The summed E-state index contributed by atoms with van der Waals surface area (Å²) in [6.07, 6.45) is 5.16. The fourth-order valence-corrected chi connectivity index (χ4v) is 3.33. The third-order valence-corrected chi connectivity index (χ3v) is 5.10. The minimum Gasteiger partial charge on any atom is -0.367 e. The van der Waals surface area contributed by atoms with Crippen molar-refractivity contribution in [3.63, 3.8) is 0 Å². The normalized spacial score (nSPS) is 15.0. The van der Waals surface area contributed by atoms with Gasteiger partial charge in [0.25, 0.3) is 0 Å². The highest BCUT2D eigenvalue weighted by Gasteiger charge is 2.23. The maximum Gasteiger partial charge on any atom is 0.230 e. The van der Waals surface area contributed by atoms with Crippen molar-refractivity contribution in [2.45, 2.75) is 20.8 Å². The van der Waals surface area contributed by atoms with E-state index in [-0.39, 0.29) is 5.91 Å². The lowest BCUT2D eigenvalue weighted by molar-refractivity contribution is -0.123. The number of rotatable bonds is 3. The molecule has 1 N–H and O–H groups in total. The molecule has 0 atom stereocenters. The van der Waals surface area contributed by atoms with Crippen LogP contribution in [-0.4, -0.2) is 56.6 Å². The van der Waals surface area contributed by atoms with Gasteiger partial charge in [0.1, 0.15) is 17.7 Å². The third-order valence-electron chi connectivity index (χ3n) is 5.10. The Labute approximate surface area is 169 Å². The van der Waals surface area contributed by atoms with Crippen LogP contribution in [0.25, 0.3) is 11.2 Å². The Balaban J connectivity index is 1.42. The molecule has 0 radical (unpaired) electrons. The second-order valence-corrected chi connectivity index (χ2v) is 8.30. The van der Waals surface area contributed by atoms with Gasteiger partial charge >= 0.3 is 0 Å². The standard InChI is InChI=1S/C20H26N8O/c1-20(2,3)19(29)25-15-6-5-14(11-21-15)27-7-9-28(10-8-27)18-16-17(22-12-23-18)24-13-26(16)4/h5-6,11-13H,7-10H2,1-4H3,(H,21,25,29). The summed E-state index contributed by atoms with van der Waals surface area (Å²) in [5.41, 5.74) is 2.28. The highest BCUT2D eigenvalue weighted by atomic mass is 16.2. The minimum atomic E-state index is -0.447. The van der Waals surface area contributed by atoms with Gasteiger partial charge in [-0.05, 0) is 12.1 Å². The zero-order valence-corrected chi connectivity index (χ0v) is 17.3. The van der Waals surface area contributed by atoms with Gasteiger partial charge in [-0.15, -0.1) is 0 Å². The van der Waals surface area contributed by atoms with Crippen LogP contribution in [0.3, 0.4) is 0 Å². The average molecular weight is 394 g/mol.